The number of anilines is 1. The first-order valence-corrected chi connectivity index (χ1v) is 6.86. The molecule has 16 heavy (non-hydrogen) atoms. The third-order valence-electron chi connectivity index (χ3n) is 2.54. The monoisotopic (exact) mass is 300 g/mol. The van der Waals surface area contributed by atoms with Gasteiger partial charge in [-0.15, -0.1) is 11.8 Å². The van der Waals surface area contributed by atoms with Crippen LogP contribution in [0, 0.1) is 0 Å². The number of nitrogens with two attached hydrogens (primary N) is 1. The number of carbonyl (C=O) groups excluding carboxylic acids is 1. The van der Waals surface area contributed by atoms with Gasteiger partial charge in [-0.05, 0) is 25.1 Å². The third-order valence-corrected chi connectivity index (χ3v) is 4.34. The summed E-state index contributed by atoms with van der Waals surface area (Å²) in [5.41, 5.74) is 6.42. The van der Waals surface area contributed by atoms with Crippen molar-refractivity contribution in [3.63, 3.8) is 0 Å². The number of carbonyl (C=O) groups is 1. The fourth-order valence-corrected chi connectivity index (χ4v) is 3.19. The average Bonchev–Trinajstić information content (AvgIpc) is 2.28. The second-order valence-corrected chi connectivity index (χ2v) is 5.72. The number of fused-ring (bicyclic) bond motifs is 1. The molecule has 1 amide bonds. The summed E-state index contributed by atoms with van der Waals surface area (Å²) in [6.07, 6.45) is 0. The SMILES string of the molecule is CC1CSc2ccc(Br)cc2N1C(=O)CN. The Labute approximate surface area is 108 Å². The molecule has 2 rings (SSSR count). The van der Waals surface area contributed by atoms with Crippen molar-refractivity contribution in [1.29, 1.82) is 0 Å². The van der Waals surface area contributed by atoms with Crippen LogP contribution >= 0.6 is 27.7 Å². The van der Waals surface area contributed by atoms with E-state index in [1.54, 1.807) is 16.7 Å². The Balaban J connectivity index is 2.46. The summed E-state index contributed by atoms with van der Waals surface area (Å²) in [5, 5.41) is 0. The van der Waals surface area contributed by atoms with Crippen LogP contribution in [-0.4, -0.2) is 24.2 Å². The van der Waals surface area contributed by atoms with E-state index in [1.807, 2.05) is 25.1 Å². The van der Waals surface area contributed by atoms with Gasteiger partial charge in [0.2, 0.25) is 5.91 Å². The molecule has 2 N–H and O–H groups in total. The minimum Gasteiger partial charge on any atom is -0.322 e. The standard InChI is InChI=1S/C11H13BrN2OS/c1-7-6-16-10-3-2-8(12)4-9(10)14(7)11(15)5-13/h2-4,7H,5-6,13H2,1H3. The van der Waals surface area contributed by atoms with Gasteiger partial charge in [0.15, 0.2) is 0 Å². The van der Waals surface area contributed by atoms with Crippen LogP contribution in [0.4, 0.5) is 5.69 Å². The maximum Gasteiger partial charge on any atom is 0.241 e. The minimum atomic E-state index is -0.0212. The zero-order valence-corrected chi connectivity index (χ0v) is 11.3. The molecule has 0 bridgehead atoms. The highest BCUT2D eigenvalue weighted by Crippen LogP contribution is 2.38. The molecule has 1 aromatic rings. The Morgan fingerprint density at radius 1 is 1.69 bits per heavy atom. The number of halogens is 1. The predicted molar refractivity (Wildman–Crippen MR) is 70.9 cm³/mol. The van der Waals surface area contributed by atoms with Crippen molar-refractivity contribution in [1.82, 2.24) is 0 Å². The van der Waals surface area contributed by atoms with E-state index in [2.05, 4.69) is 15.9 Å². The van der Waals surface area contributed by atoms with Crippen LogP contribution in [0.5, 0.6) is 0 Å². The van der Waals surface area contributed by atoms with Crippen LogP contribution in [-0.2, 0) is 4.79 Å². The maximum absolute atomic E-state index is 11.8. The van der Waals surface area contributed by atoms with Crippen LogP contribution in [0.1, 0.15) is 6.92 Å². The molecule has 0 saturated carbocycles. The van der Waals surface area contributed by atoms with Gasteiger partial charge in [0, 0.05) is 21.2 Å². The highest BCUT2D eigenvalue weighted by molar-refractivity contribution is 9.10. The fraction of sp³-hybridized carbons (Fsp3) is 0.364. The second-order valence-electron chi connectivity index (χ2n) is 3.74. The molecule has 1 heterocycles. The Kier molecular flexibility index (Phi) is 3.56. The molecular formula is C11H13BrN2OS. The molecule has 1 aromatic carbocycles. The topological polar surface area (TPSA) is 46.3 Å². The van der Waals surface area contributed by atoms with Crippen LogP contribution in [0.15, 0.2) is 27.6 Å². The van der Waals surface area contributed by atoms with Crippen LogP contribution in [0.3, 0.4) is 0 Å². The summed E-state index contributed by atoms with van der Waals surface area (Å²) >= 11 is 5.21. The Morgan fingerprint density at radius 2 is 2.44 bits per heavy atom. The lowest BCUT2D eigenvalue weighted by Gasteiger charge is -2.34. The minimum absolute atomic E-state index is 0.0212. The third kappa shape index (κ3) is 2.12. The van der Waals surface area contributed by atoms with Crippen LogP contribution < -0.4 is 10.6 Å². The number of amides is 1. The lowest BCUT2D eigenvalue weighted by molar-refractivity contribution is -0.117. The first-order valence-electron chi connectivity index (χ1n) is 5.08. The van der Waals surface area contributed by atoms with Gasteiger partial charge in [-0.25, -0.2) is 0 Å². The van der Waals surface area contributed by atoms with E-state index in [4.69, 9.17) is 5.73 Å². The van der Waals surface area contributed by atoms with E-state index in [9.17, 15) is 4.79 Å². The molecule has 1 atom stereocenters. The first kappa shape index (κ1) is 12.0. The van der Waals surface area contributed by atoms with Crippen molar-refractivity contribution in [3.8, 4) is 0 Å². The summed E-state index contributed by atoms with van der Waals surface area (Å²) in [6.45, 7) is 2.10. The molecule has 1 aliphatic rings. The van der Waals surface area contributed by atoms with Gasteiger partial charge in [0.25, 0.3) is 0 Å². The van der Waals surface area contributed by atoms with Crippen LogP contribution in [0.2, 0.25) is 0 Å². The van der Waals surface area contributed by atoms with Crippen molar-refractivity contribution in [2.24, 2.45) is 5.73 Å². The van der Waals surface area contributed by atoms with Gasteiger partial charge >= 0.3 is 0 Å². The number of nitrogens with zero attached hydrogens (tertiary/aromatic N) is 1. The number of thioether (sulfide) groups is 1. The Bertz CT molecular complexity index is 424. The normalized spacial score (nSPS) is 19.4. The van der Waals surface area contributed by atoms with Crippen molar-refractivity contribution in [2.45, 2.75) is 17.9 Å². The highest BCUT2D eigenvalue weighted by atomic mass is 79.9. The molecule has 0 saturated heterocycles. The van der Waals surface area contributed by atoms with Gasteiger partial charge in [0.1, 0.15) is 0 Å². The molecule has 0 spiro atoms. The average molecular weight is 301 g/mol. The zero-order valence-electron chi connectivity index (χ0n) is 8.94. The van der Waals surface area contributed by atoms with E-state index in [0.717, 1.165) is 20.8 Å². The van der Waals surface area contributed by atoms with E-state index >= 15 is 0 Å². The Morgan fingerprint density at radius 3 is 3.12 bits per heavy atom. The van der Waals surface area contributed by atoms with Gasteiger partial charge < -0.3 is 10.6 Å². The molecule has 0 aromatic heterocycles. The number of rotatable bonds is 1. The molecule has 0 aliphatic carbocycles. The van der Waals surface area contributed by atoms with E-state index in [0.29, 0.717) is 0 Å². The Hall–Kier alpha value is -0.520. The molecule has 86 valence electrons. The van der Waals surface area contributed by atoms with Crippen molar-refractivity contribution >= 4 is 39.3 Å². The largest absolute Gasteiger partial charge is 0.322 e. The molecule has 1 aliphatic heterocycles. The van der Waals surface area contributed by atoms with E-state index < -0.39 is 0 Å². The summed E-state index contributed by atoms with van der Waals surface area (Å²) in [4.78, 5) is 14.8. The molecular weight excluding hydrogens is 288 g/mol. The number of hydrogen-bond donors (Lipinski definition) is 1. The van der Waals surface area contributed by atoms with Gasteiger partial charge in [-0.1, -0.05) is 15.9 Å². The fourth-order valence-electron chi connectivity index (χ4n) is 1.80. The van der Waals surface area contributed by atoms with E-state index in [-0.39, 0.29) is 18.5 Å². The molecule has 1 unspecified atom stereocenters. The van der Waals surface area contributed by atoms with Gasteiger partial charge in [-0.2, -0.15) is 0 Å². The summed E-state index contributed by atoms with van der Waals surface area (Å²) < 4.78 is 0.982. The molecule has 3 nitrogen and oxygen atoms in total. The van der Waals surface area contributed by atoms with Gasteiger partial charge in [0.05, 0.1) is 12.2 Å². The lowest BCUT2D eigenvalue weighted by Crippen LogP contribution is -2.45. The number of benzene rings is 1. The van der Waals surface area contributed by atoms with Gasteiger partial charge in [-0.3, -0.25) is 4.79 Å². The summed E-state index contributed by atoms with van der Waals surface area (Å²) in [7, 11) is 0. The highest BCUT2D eigenvalue weighted by Gasteiger charge is 2.27. The van der Waals surface area contributed by atoms with Crippen LogP contribution in [0.25, 0.3) is 0 Å². The summed E-state index contributed by atoms with van der Waals surface area (Å²) in [6, 6.07) is 6.20. The molecule has 0 radical (unpaired) electrons. The van der Waals surface area contributed by atoms with Crippen molar-refractivity contribution in [3.05, 3.63) is 22.7 Å². The number of hydrogen-bond acceptors (Lipinski definition) is 3. The first-order chi connectivity index (χ1) is 7.63. The predicted octanol–water partition coefficient (Wildman–Crippen LogP) is 2.24. The quantitative estimate of drug-likeness (QED) is 0.865. The molecule has 0 fully saturated rings. The maximum atomic E-state index is 11.8. The van der Waals surface area contributed by atoms with E-state index in [1.165, 1.54) is 0 Å². The molecule has 5 heteroatoms. The van der Waals surface area contributed by atoms with Crippen molar-refractivity contribution in [2.75, 3.05) is 17.2 Å². The smallest absolute Gasteiger partial charge is 0.241 e. The lowest BCUT2D eigenvalue weighted by atomic mass is 10.2. The summed E-state index contributed by atoms with van der Waals surface area (Å²) in [5.74, 6) is 0.896. The second kappa shape index (κ2) is 4.77. The van der Waals surface area contributed by atoms with Crippen molar-refractivity contribution < 1.29 is 4.79 Å². The zero-order chi connectivity index (χ0) is 11.7.